The molecule has 0 fully saturated rings. The van der Waals surface area contributed by atoms with Crippen molar-refractivity contribution in [2.75, 3.05) is 13.7 Å². The number of methoxy groups -OCH3 is 1. The van der Waals surface area contributed by atoms with E-state index in [-0.39, 0.29) is 0 Å². The Balaban J connectivity index is 2.63. The molecule has 0 bridgehead atoms. The molecule has 0 aliphatic heterocycles. The average Bonchev–Trinajstić information content (AvgIpc) is 2.68. The number of fused-ring (bicyclic) bond motifs is 1. The molecule has 1 aromatic carbocycles. The monoisotopic (exact) mass is 232 g/mol. The summed E-state index contributed by atoms with van der Waals surface area (Å²) in [6.07, 6.45) is 0.903. The maximum Gasteiger partial charge on any atom is 0.119 e. The number of nitrogens with one attached hydrogen (secondary N) is 1. The molecule has 0 aliphatic rings. The molecule has 0 amide bonds. The zero-order chi connectivity index (χ0) is 12.4. The van der Waals surface area contributed by atoms with E-state index in [1.54, 1.807) is 7.11 Å². The van der Waals surface area contributed by atoms with Crippen LogP contribution < -0.4 is 10.5 Å². The van der Waals surface area contributed by atoms with Gasteiger partial charge in [0.25, 0.3) is 0 Å². The van der Waals surface area contributed by atoms with Crippen molar-refractivity contribution in [2.45, 2.75) is 26.2 Å². The van der Waals surface area contributed by atoms with Crippen molar-refractivity contribution in [2.24, 2.45) is 5.73 Å². The summed E-state index contributed by atoms with van der Waals surface area (Å²) < 4.78 is 5.28. The molecule has 17 heavy (non-hydrogen) atoms. The molecule has 2 rings (SSSR count). The van der Waals surface area contributed by atoms with Crippen LogP contribution in [0.15, 0.2) is 18.2 Å². The zero-order valence-corrected chi connectivity index (χ0v) is 10.7. The average molecular weight is 232 g/mol. The molecule has 0 aliphatic carbocycles. The summed E-state index contributed by atoms with van der Waals surface area (Å²) in [5, 5.41) is 1.23. The highest BCUT2D eigenvalue weighted by Crippen LogP contribution is 2.30. The smallest absolute Gasteiger partial charge is 0.119 e. The first-order valence-corrected chi connectivity index (χ1v) is 6.06. The Labute approximate surface area is 102 Å². The minimum absolute atomic E-state index is 0.481. The molecule has 0 saturated heterocycles. The largest absolute Gasteiger partial charge is 0.497 e. The molecule has 1 heterocycles. The van der Waals surface area contributed by atoms with E-state index in [2.05, 4.69) is 31.0 Å². The lowest BCUT2D eigenvalue weighted by atomic mass is 10.0. The standard InChI is InChI=1S/C14H20N2O/c1-9(2)14-11(6-7-15)12-8-10(17-3)4-5-13(12)16-14/h4-5,8-9,16H,6-7,15H2,1-3H3. The predicted molar refractivity (Wildman–Crippen MR) is 71.7 cm³/mol. The van der Waals surface area contributed by atoms with Gasteiger partial charge in [0.1, 0.15) is 5.75 Å². The van der Waals surface area contributed by atoms with E-state index in [9.17, 15) is 0 Å². The van der Waals surface area contributed by atoms with Crippen molar-refractivity contribution in [3.05, 3.63) is 29.5 Å². The van der Waals surface area contributed by atoms with E-state index in [1.807, 2.05) is 6.07 Å². The van der Waals surface area contributed by atoms with Gasteiger partial charge in [0, 0.05) is 16.6 Å². The van der Waals surface area contributed by atoms with Gasteiger partial charge in [-0.05, 0) is 42.6 Å². The quantitative estimate of drug-likeness (QED) is 0.851. The fourth-order valence-corrected chi connectivity index (χ4v) is 2.28. The minimum Gasteiger partial charge on any atom is -0.497 e. The van der Waals surface area contributed by atoms with E-state index < -0.39 is 0 Å². The van der Waals surface area contributed by atoms with Crippen LogP contribution in [0, 0.1) is 0 Å². The molecule has 92 valence electrons. The molecule has 3 heteroatoms. The Morgan fingerprint density at radius 3 is 2.71 bits per heavy atom. The summed E-state index contributed by atoms with van der Waals surface area (Å²) >= 11 is 0. The van der Waals surface area contributed by atoms with Crippen LogP contribution in [-0.4, -0.2) is 18.6 Å². The lowest BCUT2D eigenvalue weighted by Crippen LogP contribution is -2.05. The summed E-state index contributed by atoms with van der Waals surface area (Å²) in [5.41, 5.74) is 9.49. The predicted octanol–water partition coefficient (Wildman–Crippen LogP) is 2.80. The highest BCUT2D eigenvalue weighted by molar-refractivity contribution is 5.86. The third kappa shape index (κ3) is 2.15. The summed E-state index contributed by atoms with van der Waals surface area (Å²) in [6.45, 7) is 5.06. The van der Waals surface area contributed by atoms with E-state index >= 15 is 0 Å². The number of hydrogen-bond acceptors (Lipinski definition) is 2. The normalized spacial score (nSPS) is 11.4. The number of rotatable bonds is 4. The first-order chi connectivity index (χ1) is 8.17. The van der Waals surface area contributed by atoms with E-state index in [0.29, 0.717) is 12.5 Å². The third-order valence-corrected chi connectivity index (χ3v) is 3.12. The second kappa shape index (κ2) is 4.80. The number of nitrogens with two attached hydrogens (primary N) is 1. The molecular weight excluding hydrogens is 212 g/mol. The molecular formula is C14H20N2O. The number of aromatic nitrogens is 1. The van der Waals surface area contributed by atoms with Gasteiger partial charge in [-0.15, -0.1) is 0 Å². The van der Waals surface area contributed by atoms with E-state index in [4.69, 9.17) is 10.5 Å². The van der Waals surface area contributed by atoms with E-state index in [1.165, 1.54) is 16.6 Å². The lowest BCUT2D eigenvalue weighted by molar-refractivity contribution is 0.415. The number of hydrogen-bond donors (Lipinski definition) is 2. The van der Waals surface area contributed by atoms with Crippen LogP contribution in [0.4, 0.5) is 0 Å². The summed E-state index contributed by atoms with van der Waals surface area (Å²) in [5.74, 6) is 1.38. The number of H-pyrrole nitrogens is 1. The maximum absolute atomic E-state index is 5.71. The lowest BCUT2D eigenvalue weighted by Gasteiger charge is -2.06. The van der Waals surface area contributed by atoms with Crippen molar-refractivity contribution in [3.63, 3.8) is 0 Å². The topological polar surface area (TPSA) is 51.0 Å². The van der Waals surface area contributed by atoms with Crippen LogP contribution in [0.5, 0.6) is 5.75 Å². The van der Waals surface area contributed by atoms with Crippen LogP contribution in [0.25, 0.3) is 10.9 Å². The van der Waals surface area contributed by atoms with Crippen LogP contribution in [0.1, 0.15) is 31.0 Å². The number of aromatic amines is 1. The number of ether oxygens (including phenoxy) is 1. The van der Waals surface area contributed by atoms with Crippen LogP contribution >= 0.6 is 0 Å². The molecule has 2 aromatic rings. The van der Waals surface area contributed by atoms with E-state index in [0.717, 1.165) is 17.7 Å². The van der Waals surface area contributed by atoms with Crippen molar-refractivity contribution in [1.82, 2.24) is 4.98 Å². The van der Waals surface area contributed by atoms with Gasteiger partial charge in [-0.1, -0.05) is 13.8 Å². The SMILES string of the molecule is COc1ccc2[nH]c(C(C)C)c(CCN)c2c1. The van der Waals surface area contributed by atoms with Crippen molar-refractivity contribution < 1.29 is 4.74 Å². The molecule has 0 atom stereocenters. The molecule has 1 aromatic heterocycles. The fraction of sp³-hybridized carbons (Fsp3) is 0.429. The zero-order valence-electron chi connectivity index (χ0n) is 10.7. The minimum atomic E-state index is 0.481. The first kappa shape index (κ1) is 12.0. The van der Waals surface area contributed by atoms with Crippen LogP contribution in [0.2, 0.25) is 0 Å². The molecule has 3 N–H and O–H groups in total. The summed E-state index contributed by atoms with van der Waals surface area (Å²) in [7, 11) is 1.69. The molecule has 0 saturated carbocycles. The van der Waals surface area contributed by atoms with Crippen molar-refractivity contribution in [1.29, 1.82) is 0 Å². The Kier molecular flexibility index (Phi) is 3.38. The Bertz CT molecular complexity index is 514. The van der Waals surface area contributed by atoms with Crippen molar-refractivity contribution in [3.8, 4) is 5.75 Å². The second-order valence-corrected chi connectivity index (χ2v) is 4.62. The molecule has 0 unspecified atom stereocenters. The van der Waals surface area contributed by atoms with Gasteiger partial charge in [-0.3, -0.25) is 0 Å². The third-order valence-electron chi connectivity index (χ3n) is 3.12. The molecule has 3 nitrogen and oxygen atoms in total. The Hall–Kier alpha value is -1.48. The molecule has 0 spiro atoms. The highest BCUT2D eigenvalue weighted by Gasteiger charge is 2.13. The van der Waals surface area contributed by atoms with Gasteiger partial charge >= 0.3 is 0 Å². The summed E-state index contributed by atoms with van der Waals surface area (Å²) in [6, 6.07) is 6.14. The van der Waals surface area contributed by atoms with Gasteiger partial charge in [0.05, 0.1) is 7.11 Å². The Morgan fingerprint density at radius 2 is 2.12 bits per heavy atom. The van der Waals surface area contributed by atoms with Gasteiger partial charge in [0.15, 0.2) is 0 Å². The van der Waals surface area contributed by atoms with Crippen LogP contribution in [-0.2, 0) is 6.42 Å². The van der Waals surface area contributed by atoms with Gasteiger partial charge in [0.2, 0.25) is 0 Å². The number of benzene rings is 1. The fourth-order valence-electron chi connectivity index (χ4n) is 2.28. The van der Waals surface area contributed by atoms with Crippen molar-refractivity contribution >= 4 is 10.9 Å². The highest BCUT2D eigenvalue weighted by atomic mass is 16.5. The van der Waals surface area contributed by atoms with Gasteiger partial charge in [-0.2, -0.15) is 0 Å². The Morgan fingerprint density at radius 1 is 1.35 bits per heavy atom. The second-order valence-electron chi connectivity index (χ2n) is 4.62. The van der Waals surface area contributed by atoms with Gasteiger partial charge < -0.3 is 15.5 Å². The van der Waals surface area contributed by atoms with Crippen LogP contribution in [0.3, 0.4) is 0 Å². The summed E-state index contributed by atoms with van der Waals surface area (Å²) in [4.78, 5) is 3.49. The van der Waals surface area contributed by atoms with Gasteiger partial charge in [-0.25, -0.2) is 0 Å². The first-order valence-electron chi connectivity index (χ1n) is 6.06. The molecule has 0 radical (unpaired) electrons. The maximum atomic E-state index is 5.71.